The zero-order valence-electron chi connectivity index (χ0n) is 80.3. The molecule has 0 unspecified atom stereocenters. The van der Waals surface area contributed by atoms with Gasteiger partial charge in [-0.15, -0.1) is 0 Å². The van der Waals surface area contributed by atoms with Crippen molar-refractivity contribution < 1.29 is 92.7 Å². The Labute approximate surface area is 780 Å². The molecule has 26 nitrogen and oxygen atoms in total. The first-order chi connectivity index (χ1) is 62.8. The second kappa shape index (κ2) is 46.0. The van der Waals surface area contributed by atoms with Crippen molar-refractivity contribution in [3.05, 3.63) is 186 Å². The van der Waals surface area contributed by atoms with Crippen molar-refractivity contribution in [1.82, 2.24) is 25.3 Å². The molecule has 5 fully saturated rings. The number of amides is 2. The molecule has 0 atom stereocenters. The normalized spacial score (nSPS) is 17.5. The number of carbonyl (C=O) groups excluding carboxylic acids is 2. The third kappa shape index (κ3) is 31.9. The van der Waals surface area contributed by atoms with Crippen LogP contribution in [0.15, 0.2) is 180 Å². The maximum Gasteiger partial charge on any atom is 0.407 e. The van der Waals surface area contributed by atoms with E-state index in [1.807, 2.05) is 55.5 Å². The average Bonchev–Trinajstić information content (AvgIpc) is 1.77. The molecule has 7 aromatic carbocycles. The highest BCUT2D eigenvalue weighted by molar-refractivity contribution is 7.85. The highest BCUT2D eigenvalue weighted by Crippen LogP contribution is 2.48. The number of phenols is 3. The summed E-state index contributed by atoms with van der Waals surface area (Å²) in [5.41, 5.74) is 21.0. The third-order valence-corrected chi connectivity index (χ3v) is 26.4. The molecule has 16 rings (SSSR count). The van der Waals surface area contributed by atoms with E-state index >= 15 is 0 Å². The van der Waals surface area contributed by atoms with Gasteiger partial charge in [-0.05, 0) is 268 Å². The van der Waals surface area contributed by atoms with Crippen LogP contribution in [-0.2, 0) is 19.6 Å². The minimum absolute atomic E-state index is 0.000895. The van der Waals surface area contributed by atoms with E-state index in [1.54, 1.807) is 88.5 Å². The molecule has 29 heteroatoms. The molecule has 722 valence electrons. The Kier molecular flexibility index (Phi) is 35.9. The molecule has 0 aliphatic heterocycles. The smallest absolute Gasteiger partial charge is 0.407 e. The highest BCUT2D eigenvalue weighted by Gasteiger charge is 2.36. The summed E-state index contributed by atoms with van der Waals surface area (Å²) in [7, 11) is 0.720. The minimum Gasteiger partial charge on any atom is -0.508 e. The van der Waals surface area contributed by atoms with E-state index in [2.05, 4.69) is 99.8 Å². The summed E-state index contributed by atoms with van der Waals surface area (Å²) in [5.74, 6) is 8.55. The number of nitrogen functional groups attached to an aromatic ring is 1. The number of alkyl carbamates (subject to hydrolysis) is 1. The third-order valence-electron chi connectivity index (χ3n) is 25.5. The number of anilines is 2. The van der Waals surface area contributed by atoms with Crippen LogP contribution in [0, 0.1) is 39.9 Å². The predicted octanol–water partition coefficient (Wildman–Crippen LogP) is 25.5. The molecule has 11 aromatic rings. The van der Waals surface area contributed by atoms with Crippen LogP contribution >= 0.6 is 0 Å². The van der Waals surface area contributed by atoms with Crippen LogP contribution < -0.4 is 45.8 Å². The van der Waals surface area contributed by atoms with Gasteiger partial charge in [-0.3, -0.25) is 9.35 Å². The molecule has 0 bridgehead atoms. The molecule has 4 aromatic heterocycles. The lowest BCUT2D eigenvalue weighted by molar-refractivity contribution is -0.121. The summed E-state index contributed by atoms with van der Waals surface area (Å²) in [6, 6.07) is 37.5. The molecule has 5 saturated carbocycles. The summed E-state index contributed by atoms with van der Waals surface area (Å²) < 4.78 is 110. The number of nitrogens with one attached hydrogen (secondary N) is 2. The van der Waals surface area contributed by atoms with Gasteiger partial charge >= 0.3 is 6.09 Å². The summed E-state index contributed by atoms with van der Waals surface area (Å²) >= 11 is 0. The lowest BCUT2D eigenvalue weighted by Crippen LogP contribution is -2.34. The van der Waals surface area contributed by atoms with Gasteiger partial charge in [0.1, 0.15) is 86.9 Å². The Morgan fingerprint density at radius 2 is 0.812 bits per heavy atom. The van der Waals surface area contributed by atoms with Crippen molar-refractivity contribution in [1.29, 1.82) is 0 Å². The van der Waals surface area contributed by atoms with Crippen LogP contribution in [0.25, 0.3) is 44.4 Å². The van der Waals surface area contributed by atoms with E-state index in [-0.39, 0.29) is 65.8 Å². The second-order valence-electron chi connectivity index (χ2n) is 40.4. The molecule has 5 aliphatic carbocycles. The van der Waals surface area contributed by atoms with Crippen LogP contribution in [0.5, 0.6) is 46.0 Å². The predicted molar refractivity (Wildman–Crippen MR) is 516 cm³/mol. The monoisotopic (exact) mass is 1860 g/mol. The fourth-order valence-corrected chi connectivity index (χ4v) is 16.9. The number of phenolic OH excluding ortho intramolecular Hbond substituents is 3. The number of rotatable bonds is 19. The Hall–Kier alpha value is -11.4. The molecule has 0 radical (unpaired) electrons. The molecule has 0 spiro atoms. The number of ether oxygens (including phenoxy) is 6. The number of benzene rings is 7. The van der Waals surface area contributed by atoms with Crippen molar-refractivity contribution in [2.45, 2.75) is 260 Å². The quantitative estimate of drug-likeness (QED) is 0.0212. The van der Waals surface area contributed by atoms with E-state index in [0.717, 1.165) is 127 Å². The number of aryl methyl sites for hydroxylation is 1. The molecule has 0 saturated heterocycles. The number of aromatic nitrogens is 4. The van der Waals surface area contributed by atoms with Gasteiger partial charge in [0, 0.05) is 90.2 Å². The van der Waals surface area contributed by atoms with Gasteiger partial charge in [-0.25, -0.2) is 33.5 Å². The number of halogens is 2. The molecule has 4 heterocycles. The largest absolute Gasteiger partial charge is 0.508 e. The number of nitrogens with zero attached hydrogens (tertiary/aromatic N) is 4. The maximum absolute atomic E-state index is 13.2. The zero-order chi connectivity index (χ0) is 96.8. The minimum atomic E-state index is -4.02. The Bertz CT molecular complexity index is 5800. The summed E-state index contributed by atoms with van der Waals surface area (Å²) in [4.78, 5) is 42.4. The van der Waals surface area contributed by atoms with Crippen molar-refractivity contribution in [2.24, 2.45) is 38.7 Å². The number of nitrogens with two attached hydrogens (primary N) is 2. The number of hydrogen-bond acceptors (Lipinski definition) is 23. The summed E-state index contributed by atoms with van der Waals surface area (Å²) in [6.07, 6.45) is 23.0. The van der Waals surface area contributed by atoms with Crippen LogP contribution in [0.2, 0.25) is 0 Å². The first kappa shape index (κ1) is 104. The topological polar surface area (TPSA) is 385 Å². The van der Waals surface area contributed by atoms with E-state index in [9.17, 15) is 37.0 Å². The van der Waals surface area contributed by atoms with E-state index < -0.39 is 21.8 Å². The van der Waals surface area contributed by atoms with Crippen molar-refractivity contribution >= 4 is 77.9 Å². The first-order valence-corrected chi connectivity index (χ1v) is 47.4. The van der Waals surface area contributed by atoms with Gasteiger partial charge in [-0.2, -0.15) is 8.42 Å². The second-order valence-corrected chi connectivity index (χ2v) is 41.8. The van der Waals surface area contributed by atoms with Crippen molar-refractivity contribution in [2.75, 3.05) is 58.7 Å². The molecule has 5 aliphatic rings. The van der Waals surface area contributed by atoms with Crippen LogP contribution in [0.4, 0.5) is 25.0 Å². The molecule has 133 heavy (non-hydrogen) atoms. The van der Waals surface area contributed by atoms with E-state index in [0.29, 0.717) is 120 Å². The van der Waals surface area contributed by atoms with Crippen LogP contribution in [0.1, 0.15) is 271 Å². The standard InChI is InChI=1S/C24H33FN2O4.C19H25FN2O2.C16H23NO3.C16H21NO2.C15H19NO2.C7H9NO2.C7H8O3S/c1-23(2,3)31-22(28)26-14-16(13-25)15-29-18-6-7-19-20(12-18)30-21(27-19)17-8-10-24(4,5)11-9-17;1-19(2)7-5-14(6-8-19)18-22-16-4-3-15(9-17(16)24-18)23-12-13(10-20)11-21;1-16(2)8-6-11(7-9-16)15(19)17-13-5-4-12(20-3)10-14(13)18;1-16(2)8-6-11(7-9-16)15-17-13-5-4-12(18-3)10-14(13)19-15;1-15(2)7-5-10(6-8-15)14-16-12-4-3-11(17)9-13(12)18-14;1-10-5-2-3-6(8)7(9)4-5;1-6-2-4-7(5-3-6)11(8,9)10/h6-7,12-13,17H,8-11,14-15H2,1-5H3,(H,26,28);3-4,9-10,14H,5-8,11-12,21H2,1-2H3;4-5,10-11,18H,6-9H2,1-3H3,(H,17,19);4-5,10-11H,6-9H2,1-3H3;3-4,9-10,17H,5-8H2,1-2H3;2-4,9H,8H2,1H3;2-5H,1H3,(H,8,9,10)/b16-13+;13-10+;;;;;. The Morgan fingerprint density at radius 3 is 1.17 bits per heavy atom. The van der Waals surface area contributed by atoms with Gasteiger partial charge in [0.05, 0.1) is 50.3 Å². The fourth-order valence-electron chi connectivity index (χ4n) is 16.4. The number of carbonyl (C=O) groups is 2. The maximum atomic E-state index is 13.2. The summed E-state index contributed by atoms with van der Waals surface area (Å²) in [6.45, 7) is 30.5. The van der Waals surface area contributed by atoms with E-state index in [4.69, 9.17) is 67.2 Å². The summed E-state index contributed by atoms with van der Waals surface area (Å²) in [5, 5.41) is 33.7. The van der Waals surface area contributed by atoms with Crippen LogP contribution in [0.3, 0.4) is 0 Å². The van der Waals surface area contributed by atoms with Gasteiger partial charge < -0.3 is 83.5 Å². The van der Waals surface area contributed by atoms with Gasteiger partial charge in [0.25, 0.3) is 10.1 Å². The van der Waals surface area contributed by atoms with Gasteiger partial charge in [-0.1, -0.05) is 86.9 Å². The number of fused-ring (bicyclic) bond motifs is 4. The fraction of sp³-hybridized carbons (Fsp3) is 0.500. The lowest BCUT2D eigenvalue weighted by atomic mass is 9.73. The number of aromatic hydroxyl groups is 3. The molecular formula is C104H138F2N8O18S. The Balaban J connectivity index is 0.000000165. The van der Waals surface area contributed by atoms with Crippen LogP contribution in [-0.4, -0.2) is 113 Å². The van der Waals surface area contributed by atoms with Gasteiger partial charge in [0.15, 0.2) is 45.9 Å². The SMILES string of the molecule is CC1(C)CCC(c2nc3ccc(O)cc3o2)CC1.CC1(C)CCC(c2nc3ccc(OC/C(=C/F)CN)cc3o2)CC1.CC1(C)CCC(c2nc3ccc(OC/C(=C/F)CNC(=O)OC(C)(C)C)cc3o2)CC1.COc1ccc(N)c(O)c1.COc1ccc(NC(=O)C2CCC(C)(C)CC2)c(O)c1.COc1ccc2nc(C3CCC(C)(C)CC3)oc2c1.Cc1ccc(S(=O)(=O)O)cc1. The molecule has 2 amide bonds. The number of oxazole rings is 4. The van der Waals surface area contributed by atoms with Crippen molar-refractivity contribution in [3.8, 4) is 46.0 Å². The van der Waals surface area contributed by atoms with E-state index in [1.165, 1.54) is 103 Å². The average molecular weight is 1860 g/mol. The lowest BCUT2D eigenvalue weighted by Gasteiger charge is -2.33. The number of hydrogen-bond donors (Lipinski definition) is 8. The van der Waals surface area contributed by atoms with Gasteiger partial charge in [0.2, 0.25) is 5.91 Å². The first-order valence-electron chi connectivity index (χ1n) is 46.0. The zero-order valence-corrected chi connectivity index (χ0v) is 81.1. The van der Waals surface area contributed by atoms with Crippen molar-refractivity contribution in [3.63, 3.8) is 0 Å². The Morgan fingerprint density at radius 1 is 0.474 bits per heavy atom. The number of methoxy groups -OCH3 is 3. The molecule has 10 N–H and O–H groups in total. The highest BCUT2D eigenvalue weighted by atomic mass is 32.2. The molecular weight excluding hydrogens is 1720 g/mol.